The van der Waals surface area contributed by atoms with Crippen LogP contribution in [0.4, 0.5) is 16.5 Å². The molecule has 0 saturated carbocycles. The number of carbonyl (C=O) groups is 1. The van der Waals surface area contributed by atoms with Gasteiger partial charge in [0.2, 0.25) is 0 Å². The molecule has 1 amide bonds. The highest BCUT2D eigenvalue weighted by Gasteiger charge is 2.11. The van der Waals surface area contributed by atoms with Gasteiger partial charge in [-0.05, 0) is 65.7 Å². The molecule has 6 rings (SSSR count). The number of aromatic nitrogens is 1. The lowest BCUT2D eigenvalue weighted by Gasteiger charge is -2.12. The molecule has 1 aromatic heterocycles. The lowest BCUT2D eigenvalue weighted by molar-refractivity contribution is -0.384. The minimum atomic E-state index is -0.437. The number of fused-ring (bicyclic) bond motifs is 1. The molecule has 0 radical (unpaired) electrons. The maximum atomic E-state index is 12.9. The highest BCUT2D eigenvalue weighted by molar-refractivity contribution is 7.14. The summed E-state index contributed by atoms with van der Waals surface area (Å²) in [5, 5.41) is 23.2. The zero-order valence-corrected chi connectivity index (χ0v) is 25.0. The Bertz CT molecular complexity index is 2000. The van der Waals surface area contributed by atoms with Crippen LogP contribution in [0.2, 0.25) is 0 Å². The summed E-state index contributed by atoms with van der Waals surface area (Å²) in [6.45, 7) is 2.25. The second-order valence-corrected chi connectivity index (χ2v) is 11.1. The summed E-state index contributed by atoms with van der Waals surface area (Å²) in [4.78, 5) is 28.1. The van der Waals surface area contributed by atoms with Crippen LogP contribution in [0.1, 0.15) is 27.0 Å². The van der Waals surface area contributed by atoms with Crippen LogP contribution in [-0.4, -0.2) is 22.0 Å². The van der Waals surface area contributed by atoms with Crippen molar-refractivity contribution in [3.63, 3.8) is 0 Å². The molecule has 9 nitrogen and oxygen atoms in total. The number of thiazole rings is 1. The summed E-state index contributed by atoms with van der Waals surface area (Å²) in [5.74, 6) is 0.209. The van der Waals surface area contributed by atoms with E-state index in [0.29, 0.717) is 16.9 Å². The van der Waals surface area contributed by atoms with Crippen LogP contribution in [-0.2, 0) is 6.61 Å². The Morgan fingerprint density at radius 1 is 0.956 bits per heavy atom. The number of carbonyl (C=O) groups excluding carboxylic acids is 1. The van der Waals surface area contributed by atoms with E-state index in [0.717, 1.165) is 38.4 Å². The van der Waals surface area contributed by atoms with Gasteiger partial charge in [0, 0.05) is 39.9 Å². The van der Waals surface area contributed by atoms with Crippen molar-refractivity contribution in [2.24, 2.45) is 5.10 Å². The van der Waals surface area contributed by atoms with E-state index in [2.05, 4.69) is 20.8 Å². The van der Waals surface area contributed by atoms with E-state index in [1.165, 1.54) is 29.0 Å². The number of ether oxygens (including phenoxy) is 1. The van der Waals surface area contributed by atoms with Gasteiger partial charge in [-0.15, -0.1) is 11.3 Å². The predicted octanol–water partition coefficient (Wildman–Crippen LogP) is 8.27. The quantitative estimate of drug-likeness (QED) is 0.0912. The summed E-state index contributed by atoms with van der Waals surface area (Å²) in [6, 6.07) is 33.1. The predicted molar refractivity (Wildman–Crippen MR) is 178 cm³/mol. The average Bonchev–Trinajstić information content (AvgIpc) is 3.54. The zero-order chi connectivity index (χ0) is 31.2. The average molecular weight is 614 g/mol. The van der Waals surface area contributed by atoms with E-state index >= 15 is 0 Å². The standard InChI is InChI=1S/C35H27N5O4S/c1-23-6-15-28(16-7-23)37-35-38-32(22-45-35)26-10-12-27(13-11-26)34(41)39-36-20-31-30-5-3-2-4-25(30)14-19-33(31)44-21-24-8-17-29(18-9-24)40(42)43/h2-20,22H,21H2,1H3,(H,37,38)(H,39,41)/b36-20-. The monoisotopic (exact) mass is 613 g/mol. The van der Waals surface area contributed by atoms with E-state index in [-0.39, 0.29) is 18.2 Å². The minimum absolute atomic E-state index is 0.0195. The Morgan fingerprint density at radius 3 is 2.47 bits per heavy atom. The maximum Gasteiger partial charge on any atom is 0.271 e. The van der Waals surface area contributed by atoms with Crippen LogP contribution in [0.5, 0.6) is 5.75 Å². The van der Waals surface area contributed by atoms with Gasteiger partial charge in [-0.1, -0.05) is 60.2 Å². The normalized spacial score (nSPS) is 11.0. The molecule has 6 aromatic rings. The number of nitro benzene ring substituents is 1. The summed E-state index contributed by atoms with van der Waals surface area (Å²) in [5.41, 5.74) is 8.45. The molecule has 0 unspecified atom stereocenters. The number of hydrazone groups is 1. The molecule has 0 spiro atoms. The van der Waals surface area contributed by atoms with Gasteiger partial charge in [0.1, 0.15) is 12.4 Å². The SMILES string of the molecule is Cc1ccc(Nc2nc(-c3ccc(C(=O)N/N=C\c4c(OCc5ccc([N+](=O)[O-])cc5)ccc5ccccc45)cc3)cs2)cc1. The van der Waals surface area contributed by atoms with E-state index < -0.39 is 4.92 Å². The van der Waals surface area contributed by atoms with Crippen LogP contribution in [0, 0.1) is 17.0 Å². The van der Waals surface area contributed by atoms with Gasteiger partial charge in [-0.2, -0.15) is 5.10 Å². The number of non-ortho nitro benzene ring substituents is 1. The number of anilines is 2. The van der Waals surface area contributed by atoms with Gasteiger partial charge in [0.25, 0.3) is 11.6 Å². The van der Waals surface area contributed by atoms with Crippen LogP contribution in [0.25, 0.3) is 22.0 Å². The molecule has 10 heteroatoms. The molecule has 0 fully saturated rings. The highest BCUT2D eigenvalue weighted by Crippen LogP contribution is 2.29. The molecular formula is C35H27N5O4S. The number of rotatable bonds is 10. The van der Waals surface area contributed by atoms with Crippen molar-refractivity contribution in [1.82, 2.24) is 10.4 Å². The lowest BCUT2D eigenvalue weighted by atomic mass is 10.0. The van der Waals surface area contributed by atoms with E-state index in [1.54, 1.807) is 30.5 Å². The number of aryl methyl sites for hydroxylation is 1. The number of nitrogens with zero attached hydrogens (tertiary/aromatic N) is 3. The summed E-state index contributed by atoms with van der Waals surface area (Å²) >= 11 is 1.51. The van der Waals surface area contributed by atoms with Crippen molar-refractivity contribution < 1.29 is 14.5 Å². The summed E-state index contributed by atoms with van der Waals surface area (Å²) in [7, 11) is 0. The number of amides is 1. The van der Waals surface area contributed by atoms with Crippen molar-refractivity contribution in [2.45, 2.75) is 13.5 Å². The van der Waals surface area contributed by atoms with Crippen molar-refractivity contribution in [3.05, 3.63) is 147 Å². The smallest absolute Gasteiger partial charge is 0.271 e. The van der Waals surface area contributed by atoms with Crippen LogP contribution < -0.4 is 15.5 Å². The Kier molecular flexibility index (Phi) is 8.56. The van der Waals surface area contributed by atoms with E-state index in [4.69, 9.17) is 4.74 Å². The molecule has 222 valence electrons. The largest absolute Gasteiger partial charge is 0.488 e. The van der Waals surface area contributed by atoms with Gasteiger partial charge in [0.15, 0.2) is 5.13 Å². The number of benzene rings is 5. The fourth-order valence-electron chi connectivity index (χ4n) is 4.65. The van der Waals surface area contributed by atoms with Crippen molar-refractivity contribution in [2.75, 3.05) is 5.32 Å². The third-order valence-electron chi connectivity index (χ3n) is 7.08. The Morgan fingerprint density at radius 2 is 1.71 bits per heavy atom. The topological polar surface area (TPSA) is 119 Å². The third-order valence-corrected chi connectivity index (χ3v) is 7.84. The molecule has 5 aromatic carbocycles. The van der Waals surface area contributed by atoms with E-state index in [1.807, 2.05) is 85.1 Å². The molecule has 0 aliphatic carbocycles. The second-order valence-electron chi connectivity index (χ2n) is 10.2. The zero-order valence-electron chi connectivity index (χ0n) is 24.1. The first-order valence-corrected chi connectivity index (χ1v) is 14.9. The summed E-state index contributed by atoms with van der Waals surface area (Å²) in [6.07, 6.45) is 1.57. The molecule has 0 saturated heterocycles. The van der Waals surface area contributed by atoms with Crippen LogP contribution in [0.15, 0.2) is 120 Å². The fraction of sp³-hybridized carbons (Fsp3) is 0.0571. The lowest BCUT2D eigenvalue weighted by Crippen LogP contribution is -2.17. The number of hydrogen-bond donors (Lipinski definition) is 2. The van der Waals surface area contributed by atoms with Gasteiger partial charge in [-0.3, -0.25) is 14.9 Å². The number of nitrogens with one attached hydrogen (secondary N) is 2. The first-order valence-electron chi connectivity index (χ1n) is 14.0. The van der Waals surface area contributed by atoms with Crippen LogP contribution in [0.3, 0.4) is 0 Å². The molecular weight excluding hydrogens is 586 g/mol. The Labute approximate surface area is 263 Å². The van der Waals surface area contributed by atoms with Gasteiger partial charge in [0.05, 0.1) is 16.8 Å². The third kappa shape index (κ3) is 7.03. The van der Waals surface area contributed by atoms with Crippen molar-refractivity contribution >= 4 is 50.7 Å². The number of hydrogen-bond acceptors (Lipinski definition) is 8. The molecule has 0 bridgehead atoms. The second kappa shape index (κ2) is 13.2. The molecule has 45 heavy (non-hydrogen) atoms. The molecule has 1 heterocycles. The van der Waals surface area contributed by atoms with Gasteiger partial charge in [-0.25, -0.2) is 10.4 Å². The van der Waals surface area contributed by atoms with E-state index in [9.17, 15) is 14.9 Å². The fourth-order valence-corrected chi connectivity index (χ4v) is 5.39. The van der Waals surface area contributed by atoms with Crippen LogP contribution >= 0.6 is 11.3 Å². The summed E-state index contributed by atoms with van der Waals surface area (Å²) < 4.78 is 6.09. The highest BCUT2D eigenvalue weighted by atomic mass is 32.1. The molecule has 0 aliphatic rings. The first-order chi connectivity index (χ1) is 21.9. The maximum absolute atomic E-state index is 12.9. The molecule has 0 aliphatic heterocycles. The first kappa shape index (κ1) is 29.2. The Balaban J connectivity index is 1.13. The minimum Gasteiger partial charge on any atom is -0.488 e. The van der Waals surface area contributed by atoms with Crippen molar-refractivity contribution in [1.29, 1.82) is 0 Å². The number of nitro groups is 1. The van der Waals surface area contributed by atoms with Gasteiger partial charge < -0.3 is 10.1 Å². The van der Waals surface area contributed by atoms with Gasteiger partial charge >= 0.3 is 0 Å². The molecule has 0 atom stereocenters. The Hall–Kier alpha value is -5.87. The molecule has 2 N–H and O–H groups in total. The van der Waals surface area contributed by atoms with Crippen molar-refractivity contribution in [3.8, 4) is 17.0 Å².